The second kappa shape index (κ2) is 7.82. The second-order valence-corrected chi connectivity index (χ2v) is 6.99. The van der Waals surface area contributed by atoms with E-state index < -0.39 is 7.60 Å². The zero-order valence-electron chi connectivity index (χ0n) is 12.9. The molecule has 1 aliphatic rings. The smallest absolute Gasteiger partial charge is 0.309 e. The first-order valence-electron chi connectivity index (χ1n) is 7.46. The monoisotopic (exact) mass is 325 g/mol. The molecule has 0 radical (unpaired) electrons. The molecule has 0 fully saturated rings. The van der Waals surface area contributed by atoms with Gasteiger partial charge in [0.15, 0.2) is 0 Å². The van der Waals surface area contributed by atoms with Gasteiger partial charge in [0.2, 0.25) is 0 Å². The van der Waals surface area contributed by atoms with Crippen LogP contribution in [0.3, 0.4) is 0 Å². The molecule has 1 aliphatic carbocycles. The Morgan fingerprint density at radius 1 is 1.27 bits per heavy atom. The summed E-state index contributed by atoms with van der Waals surface area (Å²) in [4.78, 5) is 4.31. The van der Waals surface area contributed by atoms with Gasteiger partial charge in [0.1, 0.15) is 5.83 Å². The van der Waals surface area contributed by atoms with Crippen LogP contribution in [0.15, 0.2) is 36.3 Å². The summed E-state index contributed by atoms with van der Waals surface area (Å²) in [5.41, 5.74) is 2.45. The summed E-state index contributed by atoms with van der Waals surface area (Å²) in [6.45, 7) is 4.21. The highest BCUT2D eigenvalue weighted by Gasteiger charge is 2.24. The summed E-state index contributed by atoms with van der Waals surface area (Å²) >= 11 is 0. The molecule has 1 heterocycles. The van der Waals surface area contributed by atoms with Gasteiger partial charge in [-0.1, -0.05) is 6.07 Å². The summed E-state index contributed by atoms with van der Waals surface area (Å²) < 4.78 is 36.3. The fraction of sp³-hybridized carbons (Fsp3) is 0.438. The zero-order chi connectivity index (χ0) is 16.0. The lowest BCUT2D eigenvalue weighted by Crippen LogP contribution is -2.01. The Hall–Kier alpha value is -1.29. The van der Waals surface area contributed by atoms with E-state index in [2.05, 4.69) is 4.98 Å². The van der Waals surface area contributed by atoms with E-state index in [9.17, 15) is 8.96 Å². The molecule has 2 rings (SSSR count). The third-order valence-corrected chi connectivity index (χ3v) is 5.28. The molecular weight excluding hydrogens is 304 g/mol. The number of halogens is 1. The molecule has 0 saturated heterocycles. The van der Waals surface area contributed by atoms with Crippen molar-refractivity contribution < 1.29 is 18.0 Å². The molecule has 0 spiro atoms. The SMILES string of the molecule is CCOP(=O)(Cc1ccc(C2=CC(F)=CCC2)cn1)OCC. The van der Waals surface area contributed by atoms with Crippen molar-refractivity contribution in [2.45, 2.75) is 32.9 Å². The van der Waals surface area contributed by atoms with Gasteiger partial charge in [0, 0.05) is 6.20 Å². The average molecular weight is 325 g/mol. The Labute approximate surface area is 130 Å². The molecular formula is C16H21FNO3P. The van der Waals surface area contributed by atoms with Crippen molar-refractivity contribution in [3.63, 3.8) is 0 Å². The molecule has 120 valence electrons. The van der Waals surface area contributed by atoms with Crippen LogP contribution in [0.5, 0.6) is 0 Å². The number of hydrogen-bond donors (Lipinski definition) is 0. The number of aromatic nitrogens is 1. The van der Waals surface area contributed by atoms with Gasteiger partial charge in [-0.25, -0.2) is 4.39 Å². The summed E-state index contributed by atoms with van der Waals surface area (Å²) in [6, 6.07) is 3.66. The Morgan fingerprint density at radius 3 is 2.55 bits per heavy atom. The van der Waals surface area contributed by atoms with E-state index in [1.54, 1.807) is 32.2 Å². The summed E-state index contributed by atoms with van der Waals surface area (Å²) in [6.07, 6.45) is 6.43. The van der Waals surface area contributed by atoms with Gasteiger partial charge in [-0.15, -0.1) is 0 Å². The molecule has 0 saturated carbocycles. The van der Waals surface area contributed by atoms with Gasteiger partial charge < -0.3 is 9.05 Å². The fourth-order valence-electron chi connectivity index (χ4n) is 2.32. The van der Waals surface area contributed by atoms with Gasteiger partial charge in [0.05, 0.1) is 25.1 Å². The zero-order valence-corrected chi connectivity index (χ0v) is 13.8. The minimum atomic E-state index is -3.14. The molecule has 0 atom stereocenters. The van der Waals surface area contributed by atoms with Crippen LogP contribution in [0.4, 0.5) is 4.39 Å². The van der Waals surface area contributed by atoms with E-state index in [1.807, 2.05) is 6.07 Å². The van der Waals surface area contributed by atoms with Crippen molar-refractivity contribution in [2.75, 3.05) is 13.2 Å². The number of pyridine rings is 1. The highest BCUT2D eigenvalue weighted by molar-refractivity contribution is 7.53. The predicted molar refractivity (Wildman–Crippen MR) is 85.2 cm³/mol. The fourth-order valence-corrected chi connectivity index (χ4v) is 3.95. The molecule has 0 bridgehead atoms. The van der Waals surface area contributed by atoms with Crippen molar-refractivity contribution in [3.05, 3.63) is 47.6 Å². The normalized spacial score (nSPS) is 15.4. The molecule has 0 N–H and O–H groups in total. The van der Waals surface area contributed by atoms with Crippen LogP contribution in [-0.4, -0.2) is 18.2 Å². The molecule has 1 aromatic heterocycles. The molecule has 6 heteroatoms. The van der Waals surface area contributed by atoms with Crippen molar-refractivity contribution >= 4 is 13.2 Å². The largest absolute Gasteiger partial charge is 0.336 e. The third kappa shape index (κ3) is 4.60. The van der Waals surface area contributed by atoms with Crippen LogP contribution < -0.4 is 0 Å². The van der Waals surface area contributed by atoms with E-state index in [-0.39, 0.29) is 12.0 Å². The molecule has 4 nitrogen and oxygen atoms in total. The van der Waals surface area contributed by atoms with Crippen molar-refractivity contribution in [3.8, 4) is 0 Å². The van der Waals surface area contributed by atoms with Crippen molar-refractivity contribution in [1.29, 1.82) is 0 Å². The average Bonchev–Trinajstić information content (AvgIpc) is 2.48. The minimum absolute atomic E-state index is 0.141. The van der Waals surface area contributed by atoms with Gasteiger partial charge >= 0.3 is 7.60 Å². The highest BCUT2D eigenvalue weighted by atomic mass is 31.2. The number of hydrogen-bond acceptors (Lipinski definition) is 4. The lowest BCUT2D eigenvalue weighted by atomic mass is 9.98. The number of allylic oxidation sites excluding steroid dienone is 4. The molecule has 0 amide bonds. The van der Waals surface area contributed by atoms with Gasteiger partial charge in [-0.3, -0.25) is 9.55 Å². The van der Waals surface area contributed by atoms with E-state index in [0.29, 0.717) is 25.3 Å². The predicted octanol–water partition coefficient (Wildman–Crippen LogP) is 4.88. The van der Waals surface area contributed by atoms with Crippen molar-refractivity contribution in [1.82, 2.24) is 4.98 Å². The van der Waals surface area contributed by atoms with Crippen LogP contribution in [-0.2, 0) is 19.8 Å². The van der Waals surface area contributed by atoms with Crippen LogP contribution in [0, 0.1) is 0 Å². The Bertz CT molecular complexity index is 600. The maximum Gasteiger partial charge on any atom is 0.336 e. The van der Waals surface area contributed by atoms with E-state index in [0.717, 1.165) is 17.6 Å². The number of nitrogens with zero attached hydrogens (tertiary/aromatic N) is 1. The Morgan fingerprint density at radius 2 is 2.00 bits per heavy atom. The maximum atomic E-state index is 13.3. The van der Waals surface area contributed by atoms with Gasteiger partial charge in [-0.05, 0) is 56.0 Å². The minimum Gasteiger partial charge on any atom is -0.309 e. The molecule has 0 aromatic carbocycles. The highest BCUT2D eigenvalue weighted by Crippen LogP contribution is 2.50. The molecule has 0 aliphatic heterocycles. The lowest BCUT2D eigenvalue weighted by molar-refractivity contribution is 0.219. The molecule has 0 unspecified atom stereocenters. The molecule has 1 aromatic rings. The first-order valence-corrected chi connectivity index (χ1v) is 9.18. The van der Waals surface area contributed by atoms with Crippen LogP contribution >= 0.6 is 7.60 Å². The third-order valence-electron chi connectivity index (χ3n) is 3.27. The summed E-state index contributed by atoms with van der Waals surface area (Å²) in [5.74, 6) is -0.206. The van der Waals surface area contributed by atoms with Crippen molar-refractivity contribution in [2.24, 2.45) is 0 Å². The number of rotatable bonds is 7. The standard InChI is InChI=1S/C16H21FNO3P/c1-3-20-22(19,21-4-2)12-16-9-8-14(11-18-16)13-6-5-7-15(17)10-13/h7-11H,3-6,12H2,1-2H3. The summed E-state index contributed by atoms with van der Waals surface area (Å²) in [7, 11) is -3.14. The van der Waals surface area contributed by atoms with E-state index in [4.69, 9.17) is 9.05 Å². The van der Waals surface area contributed by atoms with E-state index in [1.165, 1.54) is 6.08 Å². The Kier molecular flexibility index (Phi) is 6.07. The Balaban J connectivity index is 2.12. The lowest BCUT2D eigenvalue weighted by Gasteiger charge is -2.17. The first kappa shape index (κ1) is 17.1. The van der Waals surface area contributed by atoms with Crippen LogP contribution in [0.1, 0.15) is 37.9 Å². The summed E-state index contributed by atoms with van der Waals surface area (Å²) in [5, 5.41) is 0. The van der Waals surface area contributed by atoms with Gasteiger partial charge in [-0.2, -0.15) is 0 Å². The van der Waals surface area contributed by atoms with Crippen LogP contribution in [0.25, 0.3) is 5.57 Å². The van der Waals surface area contributed by atoms with Gasteiger partial charge in [0.25, 0.3) is 0 Å². The second-order valence-electron chi connectivity index (χ2n) is 4.94. The quantitative estimate of drug-likeness (QED) is 0.671. The first-order chi connectivity index (χ1) is 10.6. The maximum absolute atomic E-state index is 13.3. The van der Waals surface area contributed by atoms with Crippen LogP contribution in [0.2, 0.25) is 0 Å². The topological polar surface area (TPSA) is 48.4 Å². The molecule has 22 heavy (non-hydrogen) atoms. The van der Waals surface area contributed by atoms with E-state index >= 15 is 0 Å².